The van der Waals surface area contributed by atoms with Crippen LogP contribution in [0.15, 0.2) is 18.2 Å². The van der Waals surface area contributed by atoms with Crippen molar-refractivity contribution >= 4 is 11.6 Å². The van der Waals surface area contributed by atoms with Crippen molar-refractivity contribution in [3.8, 4) is 5.75 Å². The highest BCUT2D eigenvalue weighted by Crippen LogP contribution is 2.26. The first-order valence-electron chi connectivity index (χ1n) is 6.11. The molecular weight excluding hydrogens is 236 g/mol. The number of phenolic OH excluding ortho intramolecular Hbond substituents is 1. The van der Waals surface area contributed by atoms with Crippen LogP contribution in [0.2, 0.25) is 5.02 Å². The molecule has 94 valence electrons. The largest absolute Gasteiger partial charge is 0.508 e. The molecule has 0 unspecified atom stereocenters. The van der Waals surface area contributed by atoms with Crippen LogP contribution in [0.3, 0.4) is 0 Å². The summed E-state index contributed by atoms with van der Waals surface area (Å²) in [5.41, 5.74) is 0.846. The maximum absolute atomic E-state index is 9.80. The summed E-state index contributed by atoms with van der Waals surface area (Å²) in [5, 5.41) is 10.5. The van der Waals surface area contributed by atoms with Crippen LogP contribution < -0.4 is 0 Å². The van der Waals surface area contributed by atoms with Gasteiger partial charge in [-0.2, -0.15) is 0 Å². The molecule has 0 bridgehead atoms. The third kappa shape index (κ3) is 3.12. The van der Waals surface area contributed by atoms with Crippen molar-refractivity contribution < 1.29 is 5.11 Å². The number of halogens is 1. The fraction of sp³-hybridized carbons (Fsp3) is 0.538. The first-order chi connectivity index (χ1) is 8.20. The van der Waals surface area contributed by atoms with Gasteiger partial charge in [0.25, 0.3) is 0 Å². The van der Waals surface area contributed by atoms with Crippen molar-refractivity contribution in [2.24, 2.45) is 0 Å². The van der Waals surface area contributed by atoms with E-state index in [0.717, 1.165) is 44.8 Å². The first-order valence-corrected chi connectivity index (χ1v) is 6.49. The molecule has 1 aliphatic rings. The van der Waals surface area contributed by atoms with Gasteiger partial charge in [-0.25, -0.2) is 0 Å². The molecule has 3 nitrogen and oxygen atoms in total. The van der Waals surface area contributed by atoms with Crippen LogP contribution in [0, 0.1) is 0 Å². The molecule has 0 spiro atoms. The van der Waals surface area contributed by atoms with E-state index in [0.29, 0.717) is 10.8 Å². The molecule has 1 aromatic rings. The second-order valence-corrected chi connectivity index (χ2v) is 4.86. The molecule has 1 fully saturated rings. The van der Waals surface area contributed by atoms with Crippen LogP contribution in [0.25, 0.3) is 0 Å². The van der Waals surface area contributed by atoms with Crippen molar-refractivity contribution in [3.63, 3.8) is 0 Å². The Balaban J connectivity index is 1.98. The van der Waals surface area contributed by atoms with Gasteiger partial charge in [0.2, 0.25) is 0 Å². The first kappa shape index (κ1) is 12.7. The summed E-state index contributed by atoms with van der Waals surface area (Å²) in [7, 11) is 0. The molecule has 4 heteroatoms. The van der Waals surface area contributed by atoms with Gasteiger partial charge in [0.15, 0.2) is 0 Å². The minimum Gasteiger partial charge on any atom is -0.508 e. The molecular formula is C13H19ClN2O. The smallest absolute Gasteiger partial charge is 0.121 e. The van der Waals surface area contributed by atoms with Gasteiger partial charge in [-0.1, -0.05) is 24.6 Å². The Kier molecular flexibility index (Phi) is 4.26. The Morgan fingerprint density at radius 1 is 1.18 bits per heavy atom. The number of rotatable bonds is 3. The minimum atomic E-state index is 0.301. The average Bonchev–Trinajstić information content (AvgIpc) is 2.35. The van der Waals surface area contributed by atoms with E-state index >= 15 is 0 Å². The molecule has 1 aromatic carbocycles. The lowest BCUT2D eigenvalue weighted by Gasteiger charge is -2.34. The van der Waals surface area contributed by atoms with Gasteiger partial charge in [0.1, 0.15) is 5.75 Å². The number of phenols is 1. The van der Waals surface area contributed by atoms with Gasteiger partial charge >= 0.3 is 0 Å². The number of likely N-dealkylation sites (N-methyl/N-ethyl adjacent to an activating group) is 1. The van der Waals surface area contributed by atoms with E-state index in [2.05, 4.69) is 16.7 Å². The van der Waals surface area contributed by atoms with Crippen molar-refractivity contribution in [1.29, 1.82) is 0 Å². The normalized spacial score (nSPS) is 18.5. The van der Waals surface area contributed by atoms with E-state index in [9.17, 15) is 5.11 Å². The maximum Gasteiger partial charge on any atom is 0.121 e. The Bertz CT molecular complexity index is 355. The fourth-order valence-corrected chi connectivity index (χ4v) is 2.42. The predicted molar refractivity (Wildman–Crippen MR) is 70.5 cm³/mol. The number of piperazine rings is 1. The summed E-state index contributed by atoms with van der Waals surface area (Å²) in [6.45, 7) is 8.32. The average molecular weight is 255 g/mol. The van der Waals surface area contributed by atoms with E-state index in [1.54, 1.807) is 12.1 Å². The van der Waals surface area contributed by atoms with Gasteiger partial charge < -0.3 is 10.0 Å². The highest BCUT2D eigenvalue weighted by molar-refractivity contribution is 6.31. The third-order valence-corrected chi connectivity index (χ3v) is 3.74. The summed E-state index contributed by atoms with van der Waals surface area (Å²) in [6, 6.07) is 5.30. The van der Waals surface area contributed by atoms with Gasteiger partial charge in [-0.3, -0.25) is 4.90 Å². The van der Waals surface area contributed by atoms with Crippen molar-refractivity contribution in [2.45, 2.75) is 13.5 Å². The molecule has 1 heterocycles. The van der Waals surface area contributed by atoms with Crippen LogP contribution >= 0.6 is 11.6 Å². The van der Waals surface area contributed by atoms with Crippen molar-refractivity contribution in [3.05, 3.63) is 28.8 Å². The van der Waals surface area contributed by atoms with Gasteiger partial charge in [0, 0.05) is 43.3 Å². The fourth-order valence-electron chi connectivity index (χ4n) is 2.19. The van der Waals surface area contributed by atoms with Crippen molar-refractivity contribution in [1.82, 2.24) is 9.80 Å². The highest BCUT2D eigenvalue weighted by atomic mass is 35.5. The van der Waals surface area contributed by atoms with E-state index in [-0.39, 0.29) is 0 Å². The predicted octanol–water partition coefficient (Wildman–Crippen LogP) is 2.18. The third-order valence-electron chi connectivity index (χ3n) is 3.39. The quantitative estimate of drug-likeness (QED) is 0.896. The van der Waals surface area contributed by atoms with Gasteiger partial charge in [-0.15, -0.1) is 0 Å². The molecule has 1 N–H and O–H groups in total. The second-order valence-electron chi connectivity index (χ2n) is 4.45. The molecule has 0 radical (unpaired) electrons. The van der Waals surface area contributed by atoms with E-state index < -0.39 is 0 Å². The number of benzene rings is 1. The Hall–Kier alpha value is -0.770. The van der Waals surface area contributed by atoms with Crippen LogP contribution in [-0.2, 0) is 6.54 Å². The minimum absolute atomic E-state index is 0.301. The van der Waals surface area contributed by atoms with Gasteiger partial charge in [-0.05, 0) is 18.7 Å². The molecule has 0 aromatic heterocycles. The Labute approximate surface area is 108 Å². The molecule has 1 saturated heterocycles. The molecule has 2 rings (SSSR count). The van der Waals surface area contributed by atoms with Crippen LogP contribution in [0.1, 0.15) is 12.5 Å². The monoisotopic (exact) mass is 254 g/mol. The molecule has 1 aliphatic heterocycles. The SMILES string of the molecule is CCN1CCN(Cc2c(O)cccc2Cl)CC1. The Morgan fingerprint density at radius 3 is 2.41 bits per heavy atom. The summed E-state index contributed by atoms with van der Waals surface area (Å²) in [6.07, 6.45) is 0. The van der Waals surface area contributed by atoms with Crippen LogP contribution in [0.5, 0.6) is 5.75 Å². The summed E-state index contributed by atoms with van der Waals surface area (Å²) in [5.74, 6) is 0.301. The molecule has 0 atom stereocenters. The number of aromatic hydroxyl groups is 1. The standard InChI is InChI=1S/C13H19ClN2O/c1-2-15-6-8-16(9-7-15)10-11-12(14)4-3-5-13(11)17/h3-5,17H,2,6-10H2,1H3. The Morgan fingerprint density at radius 2 is 1.82 bits per heavy atom. The topological polar surface area (TPSA) is 26.7 Å². The lowest BCUT2D eigenvalue weighted by Crippen LogP contribution is -2.45. The molecule has 17 heavy (non-hydrogen) atoms. The highest BCUT2D eigenvalue weighted by Gasteiger charge is 2.17. The van der Waals surface area contributed by atoms with Crippen molar-refractivity contribution in [2.75, 3.05) is 32.7 Å². The second kappa shape index (κ2) is 5.71. The zero-order chi connectivity index (χ0) is 12.3. The zero-order valence-electron chi connectivity index (χ0n) is 10.2. The number of hydrogen-bond donors (Lipinski definition) is 1. The number of nitrogens with zero attached hydrogens (tertiary/aromatic N) is 2. The van der Waals surface area contributed by atoms with Gasteiger partial charge in [0.05, 0.1) is 0 Å². The summed E-state index contributed by atoms with van der Waals surface area (Å²) < 4.78 is 0. The van der Waals surface area contributed by atoms with E-state index in [4.69, 9.17) is 11.6 Å². The lowest BCUT2D eigenvalue weighted by molar-refractivity contribution is 0.131. The maximum atomic E-state index is 9.80. The summed E-state index contributed by atoms with van der Waals surface area (Å²) >= 11 is 6.11. The van der Waals surface area contributed by atoms with E-state index in [1.807, 2.05) is 6.07 Å². The zero-order valence-corrected chi connectivity index (χ0v) is 11.0. The van der Waals surface area contributed by atoms with Crippen LogP contribution in [-0.4, -0.2) is 47.6 Å². The number of hydrogen-bond acceptors (Lipinski definition) is 3. The molecule has 0 aliphatic carbocycles. The molecule has 0 saturated carbocycles. The molecule has 0 amide bonds. The lowest BCUT2D eigenvalue weighted by atomic mass is 10.1. The van der Waals surface area contributed by atoms with Crippen LogP contribution in [0.4, 0.5) is 0 Å². The summed E-state index contributed by atoms with van der Waals surface area (Å²) in [4.78, 5) is 4.77. The van der Waals surface area contributed by atoms with E-state index in [1.165, 1.54) is 0 Å².